The molecular weight excluding hydrogens is 354 g/mol. The molecule has 7 heteroatoms. The number of nitrogens with one attached hydrogen (secondary N) is 1. The fourth-order valence-corrected chi connectivity index (χ4v) is 3.17. The molecule has 1 amide bonds. The number of likely N-dealkylation sites (tertiary alicyclic amines) is 1. The van der Waals surface area contributed by atoms with E-state index in [0.29, 0.717) is 41.2 Å². The molecule has 140 valence electrons. The van der Waals surface area contributed by atoms with Gasteiger partial charge >= 0.3 is 0 Å². The Kier molecular flexibility index (Phi) is 6.16. The highest BCUT2D eigenvalue weighted by molar-refractivity contribution is 6.30. The summed E-state index contributed by atoms with van der Waals surface area (Å²) >= 11 is 5.98. The van der Waals surface area contributed by atoms with Crippen LogP contribution in [0.5, 0.6) is 0 Å². The minimum atomic E-state index is -0.0528. The SMILES string of the molecule is COCCNc1noc(-c2ccc(Cl)cc2)c1C(=O)N1CCC(C)CC1. The summed E-state index contributed by atoms with van der Waals surface area (Å²) in [6.45, 7) is 4.78. The Morgan fingerprint density at radius 2 is 2.04 bits per heavy atom. The Morgan fingerprint density at radius 1 is 1.35 bits per heavy atom. The molecule has 3 rings (SSSR count). The Bertz CT molecular complexity index is 737. The maximum Gasteiger partial charge on any atom is 0.261 e. The number of anilines is 1. The smallest absolute Gasteiger partial charge is 0.261 e. The number of carbonyl (C=O) groups is 1. The van der Waals surface area contributed by atoms with Crippen molar-refractivity contribution < 1.29 is 14.1 Å². The van der Waals surface area contributed by atoms with Crippen molar-refractivity contribution in [3.63, 3.8) is 0 Å². The standard InChI is InChI=1S/C19H24ClN3O3/c1-13-7-10-23(11-8-13)19(24)16-17(14-3-5-15(20)6-4-14)26-22-18(16)21-9-12-25-2/h3-6,13H,7-12H2,1-2H3,(H,21,22). The highest BCUT2D eigenvalue weighted by Gasteiger charge is 2.29. The van der Waals surface area contributed by atoms with Crippen LogP contribution in [0.3, 0.4) is 0 Å². The third-order valence-electron chi connectivity index (χ3n) is 4.68. The van der Waals surface area contributed by atoms with Gasteiger partial charge in [0.05, 0.1) is 6.61 Å². The van der Waals surface area contributed by atoms with Gasteiger partial charge in [-0.15, -0.1) is 0 Å². The summed E-state index contributed by atoms with van der Waals surface area (Å²) in [5.74, 6) is 1.51. The topological polar surface area (TPSA) is 67.6 Å². The van der Waals surface area contributed by atoms with Gasteiger partial charge in [-0.25, -0.2) is 0 Å². The number of methoxy groups -OCH3 is 1. The van der Waals surface area contributed by atoms with Gasteiger partial charge in [-0.1, -0.05) is 23.7 Å². The van der Waals surface area contributed by atoms with E-state index in [1.807, 2.05) is 17.0 Å². The number of piperidine rings is 1. The molecule has 1 aromatic heterocycles. The normalized spacial score (nSPS) is 15.3. The Labute approximate surface area is 158 Å². The lowest BCUT2D eigenvalue weighted by molar-refractivity contribution is 0.0698. The van der Waals surface area contributed by atoms with Crippen LogP contribution in [0, 0.1) is 5.92 Å². The molecule has 1 aromatic carbocycles. The maximum atomic E-state index is 13.2. The zero-order chi connectivity index (χ0) is 18.5. The number of aromatic nitrogens is 1. The number of hydrogen-bond donors (Lipinski definition) is 1. The lowest BCUT2D eigenvalue weighted by atomic mass is 9.98. The van der Waals surface area contributed by atoms with Gasteiger partial charge in [0, 0.05) is 37.3 Å². The Hall–Kier alpha value is -2.05. The number of nitrogens with zero attached hydrogens (tertiary/aromatic N) is 2. The molecule has 0 atom stereocenters. The first-order valence-corrected chi connectivity index (χ1v) is 9.25. The number of hydrogen-bond acceptors (Lipinski definition) is 5. The second-order valence-corrected chi connectivity index (χ2v) is 7.07. The van der Waals surface area contributed by atoms with Crippen LogP contribution in [0.1, 0.15) is 30.1 Å². The molecule has 2 aromatic rings. The molecule has 0 spiro atoms. The van der Waals surface area contributed by atoms with E-state index < -0.39 is 0 Å². The van der Waals surface area contributed by atoms with Crippen molar-refractivity contribution in [1.29, 1.82) is 0 Å². The molecule has 0 radical (unpaired) electrons. The quantitative estimate of drug-likeness (QED) is 0.772. The minimum Gasteiger partial charge on any atom is -0.383 e. The third kappa shape index (κ3) is 4.19. The maximum absolute atomic E-state index is 13.2. The van der Waals surface area contributed by atoms with Crippen molar-refractivity contribution in [3.8, 4) is 11.3 Å². The monoisotopic (exact) mass is 377 g/mol. The molecular formula is C19H24ClN3O3. The molecule has 1 N–H and O–H groups in total. The van der Waals surface area contributed by atoms with Crippen molar-refractivity contribution in [3.05, 3.63) is 34.9 Å². The molecule has 1 aliphatic rings. The Morgan fingerprint density at radius 3 is 2.69 bits per heavy atom. The molecule has 2 heterocycles. The fraction of sp³-hybridized carbons (Fsp3) is 0.474. The van der Waals surface area contributed by atoms with Crippen LogP contribution in [0.25, 0.3) is 11.3 Å². The average molecular weight is 378 g/mol. The van der Waals surface area contributed by atoms with Crippen LogP contribution < -0.4 is 5.32 Å². The molecule has 26 heavy (non-hydrogen) atoms. The van der Waals surface area contributed by atoms with Crippen molar-refractivity contribution in [2.75, 3.05) is 38.7 Å². The molecule has 6 nitrogen and oxygen atoms in total. The van der Waals surface area contributed by atoms with Crippen LogP contribution in [-0.2, 0) is 4.74 Å². The van der Waals surface area contributed by atoms with E-state index in [1.54, 1.807) is 19.2 Å². The van der Waals surface area contributed by atoms with E-state index in [-0.39, 0.29) is 5.91 Å². The number of rotatable bonds is 6. The Balaban J connectivity index is 1.91. The first kappa shape index (κ1) is 18.7. The van der Waals surface area contributed by atoms with Crippen LogP contribution >= 0.6 is 11.6 Å². The molecule has 1 aliphatic heterocycles. The summed E-state index contributed by atoms with van der Waals surface area (Å²) in [5, 5.41) is 7.87. The van der Waals surface area contributed by atoms with Crippen LogP contribution in [0.15, 0.2) is 28.8 Å². The number of amides is 1. The number of benzene rings is 1. The summed E-state index contributed by atoms with van der Waals surface area (Å²) in [5.41, 5.74) is 1.24. The summed E-state index contributed by atoms with van der Waals surface area (Å²) in [4.78, 5) is 15.1. The van der Waals surface area contributed by atoms with Crippen LogP contribution in [0.4, 0.5) is 5.82 Å². The molecule has 1 fully saturated rings. The lowest BCUT2D eigenvalue weighted by Gasteiger charge is -2.30. The number of halogens is 1. The molecule has 0 saturated carbocycles. The van der Waals surface area contributed by atoms with Crippen molar-refractivity contribution in [2.45, 2.75) is 19.8 Å². The molecule has 0 bridgehead atoms. The largest absolute Gasteiger partial charge is 0.383 e. The van der Waals surface area contributed by atoms with E-state index in [4.69, 9.17) is 20.9 Å². The van der Waals surface area contributed by atoms with Crippen molar-refractivity contribution in [1.82, 2.24) is 10.1 Å². The van der Waals surface area contributed by atoms with Gasteiger partial charge in [0.15, 0.2) is 11.6 Å². The van der Waals surface area contributed by atoms with Gasteiger partial charge in [0.1, 0.15) is 5.56 Å². The van der Waals surface area contributed by atoms with Gasteiger partial charge in [0.2, 0.25) is 0 Å². The van der Waals surface area contributed by atoms with E-state index in [2.05, 4.69) is 17.4 Å². The number of carbonyl (C=O) groups excluding carboxylic acids is 1. The van der Waals surface area contributed by atoms with Gasteiger partial charge in [-0.05, 0) is 43.0 Å². The first-order chi connectivity index (χ1) is 12.6. The van der Waals surface area contributed by atoms with E-state index in [9.17, 15) is 4.79 Å². The average Bonchev–Trinajstić information content (AvgIpc) is 3.06. The van der Waals surface area contributed by atoms with Crippen molar-refractivity contribution in [2.24, 2.45) is 5.92 Å². The van der Waals surface area contributed by atoms with Crippen LogP contribution in [-0.4, -0.2) is 49.3 Å². The molecule has 0 unspecified atom stereocenters. The summed E-state index contributed by atoms with van der Waals surface area (Å²) in [6, 6.07) is 7.20. The lowest BCUT2D eigenvalue weighted by Crippen LogP contribution is -2.38. The summed E-state index contributed by atoms with van der Waals surface area (Å²) in [6.07, 6.45) is 2.03. The van der Waals surface area contributed by atoms with Crippen molar-refractivity contribution >= 4 is 23.3 Å². The van der Waals surface area contributed by atoms with Crippen LogP contribution in [0.2, 0.25) is 5.02 Å². The van der Waals surface area contributed by atoms with E-state index in [1.165, 1.54) is 0 Å². The minimum absolute atomic E-state index is 0.0528. The predicted octanol–water partition coefficient (Wildman–Crippen LogP) is 3.93. The number of ether oxygens (including phenoxy) is 1. The van der Waals surface area contributed by atoms with E-state index >= 15 is 0 Å². The second kappa shape index (κ2) is 8.56. The highest BCUT2D eigenvalue weighted by atomic mass is 35.5. The zero-order valence-corrected chi connectivity index (χ0v) is 15.9. The zero-order valence-electron chi connectivity index (χ0n) is 15.1. The summed E-state index contributed by atoms with van der Waals surface area (Å²) in [7, 11) is 1.63. The summed E-state index contributed by atoms with van der Waals surface area (Å²) < 4.78 is 10.6. The molecule has 1 saturated heterocycles. The molecule has 0 aliphatic carbocycles. The fourth-order valence-electron chi connectivity index (χ4n) is 3.05. The van der Waals surface area contributed by atoms with Gasteiger partial charge in [-0.3, -0.25) is 4.79 Å². The highest BCUT2D eigenvalue weighted by Crippen LogP contribution is 2.32. The first-order valence-electron chi connectivity index (χ1n) is 8.88. The second-order valence-electron chi connectivity index (χ2n) is 6.64. The van der Waals surface area contributed by atoms with Gasteiger partial charge in [-0.2, -0.15) is 0 Å². The van der Waals surface area contributed by atoms with Gasteiger partial charge < -0.3 is 19.5 Å². The van der Waals surface area contributed by atoms with Gasteiger partial charge in [0.25, 0.3) is 5.91 Å². The third-order valence-corrected chi connectivity index (χ3v) is 4.93. The predicted molar refractivity (Wildman–Crippen MR) is 102 cm³/mol. The van der Waals surface area contributed by atoms with E-state index in [0.717, 1.165) is 31.5 Å².